The summed E-state index contributed by atoms with van der Waals surface area (Å²) in [6.45, 7) is 5.71. The predicted molar refractivity (Wildman–Crippen MR) is 107 cm³/mol. The molecule has 2 aromatic heterocycles. The van der Waals surface area contributed by atoms with Gasteiger partial charge in [0, 0.05) is 5.56 Å². The summed E-state index contributed by atoms with van der Waals surface area (Å²) in [5.41, 5.74) is 2.91. The third-order valence-corrected chi connectivity index (χ3v) is 4.26. The molecule has 28 heavy (non-hydrogen) atoms. The second-order valence-corrected chi connectivity index (χ2v) is 6.66. The van der Waals surface area contributed by atoms with E-state index in [0.717, 1.165) is 22.4 Å². The topological polar surface area (TPSA) is 77.2 Å². The van der Waals surface area contributed by atoms with Crippen molar-refractivity contribution in [2.45, 2.75) is 20.8 Å². The van der Waals surface area contributed by atoms with Gasteiger partial charge in [0.15, 0.2) is 5.82 Å². The Morgan fingerprint density at radius 3 is 2.50 bits per heavy atom. The highest BCUT2D eigenvalue weighted by atomic mass is 16.5. The van der Waals surface area contributed by atoms with E-state index < -0.39 is 0 Å². The van der Waals surface area contributed by atoms with Crippen molar-refractivity contribution in [2.24, 2.45) is 0 Å². The van der Waals surface area contributed by atoms with Gasteiger partial charge in [0.25, 0.3) is 5.91 Å². The number of hydrogen-bond acceptors (Lipinski definition) is 5. The molecule has 0 radical (unpaired) electrons. The van der Waals surface area contributed by atoms with Gasteiger partial charge in [0.05, 0.1) is 23.5 Å². The van der Waals surface area contributed by atoms with Crippen molar-refractivity contribution in [3.63, 3.8) is 0 Å². The van der Waals surface area contributed by atoms with E-state index in [1.807, 2.05) is 51.1 Å². The second-order valence-electron chi connectivity index (χ2n) is 6.66. The van der Waals surface area contributed by atoms with Gasteiger partial charge in [0.2, 0.25) is 0 Å². The summed E-state index contributed by atoms with van der Waals surface area (Å²) in [5, 5.41) is 3.56. The van der Waals surface area contributed by atoms with Crippen LogP contribution in [-0.4, -0.2) is 15.9 Å². The first-order valence-electron chi connectivity index (χ1n) is 8.87. The molecule has 1 N–H and O–H groups in total. The van der Waals surface area contributed by atoms with Gasteiger partial charge in [-0.3, -0.25) is 9.78 Å². The number of furan rings is 1. The molecule has 140 valence electrons. The summed E-state index contributed by atoms with van der Waals surface area (Å²) in [6.07, 6.45) is 3.12. The van der Waals surface area contributed by atoms with Gasteiger partial charge < -0.3 is 14.5 Å². The number of aryl methyl sites for hydroxylation is 3. The first-order chi connectivity index (χ1) is 13.5. The quantitative estimate of drug-likeness (QED) is 0.532. The van der Waals surface area contributed by atoms with Crippen LogP contribution in [0.2, 0.25) is 0 Å². The van der Waals surface area contributed by atoms with E-state index in [9.17, 15) is 4.79 Å². The predicted octanol–water partition coefficient (Wildman–Crippen LogP) is 5.19. The molecule has 4 aromatic rings. The molecule has 4 rings (SSSR count). The molecule has 0 spiro atoms. The van der Waals surface area contributed by atoms with Crippen LogP contribution in [-0.2, 0) is 0 Å². The third-order valence-electron chi connectivity index (χ3n) is 4.26. The number of nitrogens with zero attached hydrogens (tertiary/aromatic N) is 2. The zero-order chi connectivity index (χ0) is 19.7. The number of rotatable bonds is 4. The Balaban J connectivity index is 1.69. The molecule has 0 aliphatic rings. The van der Waals surface area contributed by atoms with Gasteiger partial charge in [-0.15, -0.1) is 0 Å². The maximum Gasteiger partial charge on any atom is 0.257 e. The molecule has 0 atom stereocenters. The van der Waals surface area contributed by atoms with Crippen molar-refractivity contribution < 1.29 is 13.9 Å². The summed E-state index contributed by atoms with van der Waals surface area (Å²) >= 11 is 0. The number of anilines is 1. The van der Waals surface area contributed by atoms with Crippen LogP contribution in [0, 0.1) is 20.8 Å². The van der Waals surface area contributed by atoms with Crippen LogP contribution < -0.4 is 10.1 Å². The van der Waals surface area contributed by atoms with E-state index in [1.165, 1.54) is 6.20 Å². The number of nitrogens with one attached hydrogen (secondary N) is 1. The zero-order valence-corrected chi connectivity index (χ0v) is 15.8. The number of fused-ring (bicyclic) bond motifs is 1. The minimum Gasteiger partial charge on any atom is -0.461 e. The van der Waals surface area contributed by atoms with Crippen LogP contribution in [0.1, 0.15) is 27.4 Å². The number of ether oxygens (including phenoxy) is 1. The van der Waals surface area contributed by atoms with Crippen LogP contribution in [0.4, 0.5) is 5.82 Å². The monoisotopic (exact) mass is 373 g/mol. The molecule has 0 unspecified atom stereocenters. The van der Waals surface area contributed by atoms with Crippen LogP contribution in [0.5, 0.6) is 11.5 Å². The van der Waals surface area contributed by atoms with Crippen molar-refractivity contribution in [3.8, 4) is 11.5 Å². The minimum absolute atomic E-state index is 0.317. The van der Waals surface area contributed by atoms with E-state index >= 15 is 0 Å². The van der Waals surface area contributed by atoms with E-state index in [2.05, 4.69) is 15.3 Å². The Kier molecular flexibility index (Phi) is 4.53. The molecule has 0 saturated carbocycles. The summed E-state index contributed by atoms with van der Waals surface area (Å²) in [6, 6.07) is 13.0. The van der Waals surface area contributed by atoms with E-state index in [1.54, 1.807) is 18.3 Å². The van der Waals surface area contributed by atoms with Gasteiger partial charge in [-0.2, -0.15) is 0 Å². The lowest BCUT2D eigenvalue weighted by molar-refractivity contribution is 0.102. The van der Waals surface area contributed by atoms with Crippen LogP contribution in [0.3, 0.4) is 0 Å². The lowest BCUT2D eigenvalue weighted by Crippen LogP contribution is -2.13. The molecule has 0 aliphatic carbocycles. The molecule has 1 amide bonds. The summed E-state index contributed by atoms with van der Waals surface area (Å²) in [4.78, 5) is 21.0. The fourth-order valence-electron chi connectivity index (χ4n) is 2.83. The molecule has 2 aromatic carbocycles. The van der Waals surface area contributed by atoms with Crippen molar-refractivity contribution in [1.29, 1.82) is 0 Å². The number of hydrogen-bond donors (Lipinski definition) is 1. The van der Waals surface area contributed by atoms with Crippen molar-refractivity contribution in [3.05, 3.63) is 77.4 Å². The SMILES string of the molecule is Cc1ccc(Oc2cc(C(=O)Nc3cnc(C)cn3)cc3oc(C)cc23)cc1. The maximum atomic E-state index is 12.7. The lowest BCUT2D eigenvalue weighted by Gasteiger charge is -2.10. The summed E-state index contributed by atoms with van der Waals surface area (Å²) in [5.74, 6) is 2.05. The molecule has 0 aliphatic heterocycles. The molecule has 0 bridgehead atoms. The smallest absolute Gasteiger partial charge is 0.257 e. The lowest BCUT2D eigenvalue weighted by atomic mass is 10.1. The number of aromatic nitrogens is 2. The third kappa shape index (κ3) is 3.71. The van der Waals surface area contributed by atoms with Crippen LogP contribution in [0.15, 0.2) is 59.3 Å². The van der Waals surface area contributed by atoms with Crippen LogP contribution in [0.25, 0.3) is 11.0 Å². The maximum absolute atomic E-state index is 12.7. The molecule has 6 nitrogen and oxygen atoms in total. The fourth-order valence-corrected chi connectivity index (χ4v) is 2.83. The average molecular weight is 373 g/mol. The largest absolute Gasteiger partial charge is 0.461 e. The number of amides is 1. The second kappa shape index (κ2) is 7.15. The van der Waals surface area contributed by atoms with E-state index in [4.69, 9.17) is 9.15 Å². The Bertz CT molecular complexity index is 1150. The highest BCUT2D eigenvalue weighted by molar-refractivity contribution is 6.06. The van der Waals surface area contributed by atoms with Gasteiger partial charge >= 0.3 is 0 Å². The van der Waals surface area contributed by atoms with Crippen molar-refractivity contribution in [2.75, 3.05) is 5.32 Å². The van der Waals surface area contributed by atoms with Gasteiger partial charge in [-0.1, -0.05) is 17.7 Å². The Morgan fingerprint density at radius 1 is 1.00 bits per heavy atom. The standard InChI is InChI=1S/C22H19N3O3/c1-13-4-6-17(7-5-13)28-20-10-16(9-19-18(20)8-15(3)27-19)22(26)25-21-12-23-14(2)11-24-21/h4-12H,1-3H3,(H,24,25,26). The first-order valence-corrected chi connectivity index (χ1v) is 8.87. The van der Waals surface area contributed by atoms with Crippen LogP contribution >= 0.6 is 0 Å². The van der Waals surface area contributed by atoms with Gasteiger partial charge in [-0.05, 0) is 51.1 Å². The van der Waals surface area contributed by atoms with Crippen molar-refractivity contribution in [1.82, 2.24) is 9.97 Å². The van der Waals surface area contributed by atoms with Gasteiger partial charge in [0.1, 0.15) is 22.8 Å². The van der Waals surface area contributed by atoms with Gasteiger partial charge in [-0.25, -0.2) is 4.98 Å². The highest BCUT2D eigenvalue weighted by Crippen LogP contribution is 2.34. The fraction of sp³-hybridized carbons (Fsp3) is 0.136. The van der Waals surface area contributed by atoms with E-state index in [-0.39, 0.29) is 5.91 Å². The number of carbonyl (C=O) groups excluding carboxylic acids is 1. The van der Waals surface area contributed by atoms with Crippen molar-refractivity contribution >= 4 is 22.7 Å². The van der Waals surface area contributed by atoms with E-state index in [0.29, 0.717) is 28.5 Å². The molecule has 6 heteroatoms. The Hall–Kier alpha value is -3.67. The summed E-state index contributed by atoms with van der Waals surface area (Å²) in [7, 11) is 0. The highest BCUT2D eigenvalue weighted by Gasteiger charge is 2.15. The minimum atomic E-state index is -0.317. The normalized spacial score (nSPS) is 10.8. The molecule has 2 heterocycles. The average Bonchev–Trinajstić information content (AvgIpc) is 3.06. The molecular formula is C22H19N3O3. The summed E-state index contributed by atoms with van der Waals surface area (Å²) < 4.78 is 11.8. The Morgan fingerprint density at radius 2 is 1.79 bits per heavy atom. The Labute approximate surface area is 162 Å². The molecule has 0 fully saturated rings. The number of carbonyl (C=O) groups is 1. The zero-order valence-electron chi connectivity index (χ0n) is 15.8. The first kappa shape index (κ1) is 17.7. The molecular weight excluding hydrogens is 354 g/mol. The molecule has 0 saturated heterocycles. The number of benzene rings is 2.